The summed E-state index contributed by atoms with van der Waals surface area (Å²) in [5.41, 5.74) is 16.9. The van der Waals surface area contributed by atoms with Gasteiger partial charge < -0.3 is 53.8 Å². The molecule has 47 heavy (non-hydrogen) atoms. The monoisotopic (exact) mass is 664 g/mol. The maximum absolute atomic E-state index is 13.6. The van der Waals surface area contributed by atoms with Gasteiger partial charge in [0.2, 0.25) is 23.6 Å². The number of phenolic OH excluding ortho intramolecular Hbond substituents is 1. The highest BCUT2D eigenvalue weighted by atomic mass is 16.4. The molecule has 0 radical (unpaired) electrons. The average Bonchev–Trinajstić information content (AvgIpc) is 2.99. The van der Waals surface area contributed by atoms with Crippen LogP contribution in [0.3, 0.4) is 0 Å². The number of carbonyl (C=O) groups is 6. The minimum absolute atomic E-state index is 0.00134. The van der Waals surface area contributed by atoms with Crippen molar-refractivity contribution in [2.45, 2.75) is 90.0 Å². The van der Waals surface area contributed by atoms with Crippen molar-refractivity contribution in [2.75, 3.05) is 6.54 Å². The molecule has 17 heteroatoms. The molecule has 0 unspecified atom stereocenters. The van der Waals surface area contributed by atoms with Crippen molar-refractivity contribution in [1.29, 1.82) is 0 Å². The minimum Gasteiger partial charge on any atom is -0.508 e. The summed E-state index contributed by atoms with van der Waals surface area (Å²) in [7, 11) is 0. The third-order valence-electron chi connectivity index (χ3n) is 7.34. The molecule has 17 nitrogen and oxygen atoms in total. The Morgan fingerprint density at radius 3 is 1.87 bits per heavy atom. The number of carboxylic acid groups (broad SMARTS) is 2. The number of nitrogens with two attached hydrogens (primary N) is 3. The molecule has 0 aliphatic carbocycles. The van der Waals surface area contributed by atoms with E-state index in [-0.39, 0.29) is 37.5 Å². The molecule has 0 saturated carbocycles. The Bertz CT molecular complexity index is 1270. The van der Waals surface area contributed by atoms with Crippen LogP contribution >= 0.6 is 0 Å². The van der Waals surface area contributed by atoms with E-state index >= 15 is 0 Å². The molecular weight excluding hydrogens is 616 g/mol. The first-order valence-electron chi connectivity index (χ1n) is 15.2. The molecule has 0 saturated heterocycles. The molecule has 0 aromatic heterocycles. The van der Waals surface area contributed by atoms with Crippen molar-refractivity contribution in [1.82, 2.24) is 21.3 Å². The van der Waals surface area contributed by atoms with Gasteiger partial charge in [-0.25, -0.2) is 4.79 Å². The molecule has 1 aromatic rings. The third kappa shape index (κ3) is 14.4. The number of aliphatic carboxylic acids is 2. The number of guanidine groups is 1. The molecule has 1 rings (SSSR count). The van der Waals surface area contributed by atoms with E-state index < -0.39 is 84.0 Å². The molecular formula is C30H48N8O9. The van der Waals surface area contributed by atoms with Crippen LogP contribution in [0, 0.1) is 11.8 Å². The summed E-state index contributed by atoms with van der Waals surface area (Å²) in [6, 6.07) is -0.577. The zero-order chi connectivity index (χ0) is 35.8. The van der Waals surface area contributed by atoms with Gasteiger partial charge in [-0.15, -0.1) is 0 Å². The Hall–Kier alpha value is -4.93. The molecule has 262 valence electrons. The zero-order valence-electron chi connectivity index (χ0n) is 27.1. The van der Waals surface area contributed by atoms with Crippen LogP contribution in [0.5, 0.6) is 5.75 Å². The number of rotatable bonds is 20. The van der Waals surface area contributed by atoms with Crippen molar-refractivity contribution < 1.29 is 44.1 Å². The summed E-state index contributed by atoms with van der Waals surface area (Å²) < 4.78 is 0. The first-order valence-corrected chi connectivity index (χ1v) is 15.2. The Morgan fingerprint density at radius 1 is 0.809 bits per heavy atom. The Labute approximate surface area is 273 Å². The lowest BCUT2D eigenvalue weighted by Gasteiger charge is -2.28. The van der Waals surface area contributed by atoms with Crippen LogP contribution in [0.15, 0.2) is 29.3 Å². The van der Waals surface area contributed by atoms with Crippen molar-refractivity contribution in [3.8, 4) is 5.75 Å². The highest BCUT2D eigenvalue weighted by molar-refractivity contribution is 5.96. The number of carbonyl (C=O) groups excluding carboxylic acids is 4. The van der Waals surface area contributed by atoms with E-state index in [0.717, 1.165) is 0 Å². The van der Waals surface area contributed by atoms with Crippen LogP contribution in [-0.2, 0) is 35.2 Å². The number of hydrogen-bond donors (Lipinski definition) is 10. The molecule has 13 N–H and O–H groups in total. The maximum atomic E-state index is 13.6. The van der Waals surface area contributed by atoms with Gasteiger partial charge in [0.25, 0.3) is 0 Å². The number of amides is 4. The Balaban J connectivity index is 3.28. The third-order valence-corrected chi connectivity index (χ3v) is 7.34. The summed E-state index contributed by atoms with van der Waals surface area (Å²) in [6.07, 6.45) is -0.0835. The molecule has 6 atom stereocenters. The average molecular weight is 665 g/mol. The summed E-state index contributed by atoms with van der Waals surface area (Å²) in [4.78, 5) is 79.8. The van der Waals surface area contributed by atoms with Gasteiger partial charge in [-0.2, -0.15) is 0 Å². The zero-order valence-corrected chi connectivity index (χ0v) is 27.1. The van der Waals surface area contributed by atoms with E-state index in [2.05, 4.69) is 26.3 Å². The number of carboxylic acids is 2. The molecule has 0 spiro atoms. The maximum Gasteiger partial charge on any atom is 0.326 e. The van der Waals surface area contributed by atoms with Crippen LogP contribution < -0.4 is 38.5 Å². The predicted molar refractivity (Wildman–Crippen MR) is 172 cm³/mol. The van der Waals surface area contributed by atoms with Gasteiger partial charge >= 0.3 is 11.9 Å². The van der Waals surface area contributed by atoms with Crippen molar-refractivity contribution in [3.05, 3.63) is 29.8 Å². The van der Waals surface area contributed by atoms with Gasteiger partial charge in [0, 0.05) is 13.0 Å². The van der Waals surface area contributed by atoms with E-state index in [4.69, 9.17) is 22.3 Å². The molecule has 0 fully saturated rings. The van der Waals surface area contributed by atoms with Gasteiger partial charge in [-0.05, 0) is 42.4 Å². The quantitative estimate of drug-likeness (QED) is 0.0433. The fourth-order valence-corrected chi connectivity index (χ4v) is 4.40. The van der Waals surface area contributed by atoms with E-state index in [1.54, 1.807) is 27.7 Å². The largest absolute Gasteiger partial charge is 0.508 e. The second-order valence-corrected chi connectivity index (χ2v) is 11.6. The van der Waals surface area contributed by atoms with Crippen LogP contribution in [-0.4, -0.2) is 93.6 Å². The standard InChI is InChI=1S/C30H48N8O9/c1-5-16(4)24(29(46)47)38-27(44)21(13-17-8-10-18(39)11-9-17)36-28(45)23(15(2)3)37-26(43)20(7-6-12-34-30(32)33)35-25(42)19(31)14-22(40)41/h8-11,15-16,19-21,23-24,39H,5-7,12-14,31H2,1-4H3,(H,35,42)(H,36,45)(H,37,43)(H,38,44)(H,40,41)(H,46,47)(H4,32,33,34)/t16-,19+,20+,21-,23+,24-/m0/s1. The summed E-state index contributed by atoms with van der Waals surface area (Å²) in [6.45, 7) is 6.82. The van der Waals surface area contributed by atoms with Crippen molar-refractivity contribution >= 4 is 41.5 Å². The number of benzene rings is 1. The van der Waals surface area contributed by atoms with Crippen molar-refractivity contribution in [3.63, 3.8) is 0 Å². The Morgan fingerprint density at radius 2 is 1.36 bits per heavy atom. The molecule has 0 heterocycles. The van der Waals surface area contributed by atoms with Gasteiger partial charge in [-0.3, -0.25) is 29.0 Å². The van der Waals surface area contributed by atoms with Crippen molar-refractivity contribution in [2.24, 2.45) is 34.0 Å². The normalized spacial score (nSPS) is 14.8. The minimum atomic E-state index is -1.45. The Kier molecular flexibility index (Phi) is 16.7. The van der Waals surface area contributed by atoms with E-state index in [9.17, 15) is 39.0 Å². The van der Waals surface area contributed by atoms with E-state index in [1.165, 1.54) is 24.3 Å². The first-order chi connectivity index (χ1) is 22.0. The van der Waals surface area contributed by atoms with Crippen LogP contribution in [0.25, 0.3) is 0 Å². The highest BCUT2D eigenvalue weighted by Crippen LogP contribution is 2.14. The SMILES string of the molecule is CC[C@H](C)[C@H](NC(=O)[C@H](Cc1ccc(O)cc1)NC(=O)[C@H](NC(=O)[C@@H](CCCN=C(N)N)NC(=O)[C@H](N)CC(=O)O)C(C)C)C(=O)O. The number of aromatic hydroxyl groups is 1. The number of hydrogen-bond acceptors (Lipinski definition) is 9. The van der Waals surface area contributed by atoms with E-state index in [0.29, 0.717) is 12.0 Å². The summed E-state index contributed by atoms with van der Waals surface area (Å²) >= 11 is 0. The fourth-order valence-electron chi connectivity index (χ4n) is 4.40. The van der Waals surface area contributed by atoms with Gasteiger partial charge in [0.15, 0.2) is 5.96 Å². The second kappa shape index (κ2) is 19.6. The van der Waals surface area contributed by atoms with Gasteiger partial charge in [-0.1, -0.05) is 46.2 Å². The number of nitrogens with zero attached hydrogens (tertiary/aromatic N) is 1. The number of nitrogens with one attached hydrogen (secondary N) is 4. The van der Waals surface area contributed by atoms with Gasteiger partial charge in [0.05, 0.1) is 12.5 Å². The lowest BCUT2D eigenvalue weighted by atomic mass is 9.97. The second-order valence-electron chi connectivity index (χ2n) is 11.6. The van der Waals surface area contributed by atoms with Crippen LogP contribution in [0.1, 0.15) is 58.9 Å². The number of phenols is 1. The lowest BCUT2D eigenvalue weighted by molar-refractivity contribution is -0.144. The highest BCUT2D eigenvalue weighted by Gasteiger charge is 2.34. The molecule has 0 aliphatic rings. The lowest BCUT2D eigenvalue weighted by Crippen LogP contribution is -2.60. The first kappa shape index (κ1) is 40.1. The van der Waals surface area contributed by atoms with E-state index in [1.807, 2.05) is 0 Å². The molecule has 0 aliphatic heterocycles. The predicted octanol–water partition coefficient (Wildman–Crippen LogP) is -1.48. The number of aliphatic imine (C=N–C) groups is 1. The smallest absolute Gasteiger partial charge is 0.326 e. The molecule has 1 aromatic carbocycles. The van der Waals surface area contributed by atoms with Gasteiger partial charge in [0.1, 0.15) is 29.9 Å². The molecule has 4 amide bonds. The summed E-state index contributed by atoms with van der Waals surface area (Å²) in [5, 5.41) is 38.5. The fraction of sp³-hybridized carbons (Fsp3) is 0.567. The molecule has 0 bridgehead atoms. The topological polar surface area (TPSA) is 302 Å². The summed E-state index contributed by atoms with van der Waals surface area (Å²) in [5.74, 6) is -6.95. The van der Waals surface area contributed by atoms with Crippen LogP contribution in [0.4, 0.5) is 0 Å². The van der Waals surface area contributed by atoms with Crippen LogP contribution in [0.2, 0.25) is 0 Å².